The van der Waals surface area contributed by atoms with Gasteiger partial charge in [-0.25, -0.2) is 0 Å². The molecule has 2 fully saturated rings. The molecule has 1 aliphatic heterocycles. The highest BCUT2D eigenvalue weighted by Gasteiger charge is 2.51. The summed E-state index contributed by atoms with van der Waals surface area (Å²) in [5, 5.41) is 10.9. The maximum Gasteiger partial charge on any atom is 0.0588 e. The molecule has 2 aliphatic rings. The van der Waals surface area contributed by atoms with Gasteiger partial charge in [-0.1, -0.05) is 52.3 Å². The maximum atomic E-state index is 10.9. The zero-order chi connectivity index (χ0) is 20.5. The average molecular weight is 404 g/mol. The van der Waals surface area contributed by atoms with Crippen molar-refractivity contribution in [3.05, 3.63) is 30.3 Å². The summed E-state index contributed by atoms with van der Waals surface area (Å²) in [4.78, 5) is 4.10. The first-order chi connectivity index (χ1) is 13.1. The molecule has 0 unspecified atom stereocenters. The number of benzene rings is 1. The summed E-state index contributed by atoms with van der Waals surface area (Å²) >= 11 is 2.01. The first kappa shape index (κ1) is 22.2. The van der Waals surface area contributed by atoms with Crippen LogP contribution in [0.25, 0.3) is 0 Å². The predicted octanol–water partition coefficient (Wildman–Crippen LogP) is 5.95. The van der Waals surface area contributed by atoms with Crippen LogP contribution in [0.4, 0.5) is 0 Å². The fraction of sp³-hybridized carbons (Fsp3) is 0.760. The Labute approximate surface area is 177 Å². The Kier molecular flexibility index (Phi) is 6.89. The van der Waals surface area contributed by atoms with Gasteiger partial charge >= 0.3 is 0 Å². The van der Waals surface area contributed by atoms with Gasteiger partial charge in [0.15, 0.2) is 0 Å². The van der Waals surface area contributed by atoms with Crippen molar-refractivity contribution in [3.63, 3.8) is 0 Å². The SMILES string of the molecule is CC(C)[C@H]1CN(C(C)(C)[C@@H]2CC[C@@H](C)C[C@H]2O)C[C@@]1(C)CSc1ccccc1. The van der Waals surface area contributed by atoms with Crippen LogP contribution in [0.1, 0.15) is 60.8 Å². The number of hydrogen-bond donors (Lipinski definition) is 1. The number of likely N-dealkylation sites (tertiary alicyclic amines) is 1. The van der Waals surface area contributed by atoms with Gasteiger partial charge < -0.3 is 5.11 Å². The number of aliphatic hydroxyl groups is 1. The molecule has 0 aromatic heterocycles. The molecule has 0 radical (unpaired) electrons. The zero-order valence-electron chi connectivity index (χ0n) is 18.8. The lowest BCUT2D eigenvalue weighted by molar-refractivity contribution is -0.0397. The lowest BCUT2D eigenvalue weighted by Gasteiger charge is -2.47. The van der Waals surface area contributed by atoms with Crippen molar-refractivity contribution in [2.24, 2.45) is 29.1 Å². The lowest BCUT2D eigenvalue weighted by Crippen LogP contribution is -2.54. The van der Waals surface area contributed by atoms with Crippen molar-refractivity contribution in [3.8, 4) is 0 Å². The molecule has 1 saturated carbocycles. The molecule has 1 aliphatic carbocycles. The Morgan fingerprint density at radius 3 is 2.50 bits per heavy atom. The Morgan fingerprint density at radius 1 is 1.21 bits per heavy atom. The van der Waals surface area contributed by atoms with Crippen LogP contribution in [0.2, 0.25) is 0 Å². The molecule has 0 amide bonds. The maximum absolute atomic E-state index is 10.9. The molecule has 1 saturated heterocycles. The van der Waals surface area contributed by atoms with E-state index in [0.717, 1.165) is 31.7 Å². The van der Waals surface area contributed by atoms with E-state index in [0.29, 0.717) is 29.1 Å². The van der Waals surface area contributed by atoms with Crippen molar-refractivity contribution in [2.45, 2.75) is 77.3 Å². The molecule has 28 heavy (non-hydrogen) atoms. The van der Waals surface area contributed by atoms with Gasteiger partial charge in [-0.2, -0.15) is 0 Å². The smallest absolute Gasteiger partial charge is 0.0588 e. The molecule has 2 nitrogen and oxygen atoms in total. The van der Waals surface area contributed by atoms with Crippen LogP contribution >= 0.6 is 11.8 Å². The van der Waals surface area contributed by atoms with Crippen molar-refractivity contribution in [2.75, 3.05) is 18.8 Å². The molecular formula is C25H41NOS. The first-order valence-corrected chi connectivity index (χ1v) is 12.2. The second-order valence-corrected chi connectivity index (χ2v) is 11.8. The summed E-state index contributed by atoms with van der Waals surface area (Å²) in [6.45, 7) is 16.7. The normalized spacial score (nSPS) is 34.9. The first-order valence-electron chi connectivity index (χ1n) is 11.2. The fourth-order valence-electron chi connectivity index (χ4n) is 5.86. The van der Waals surface area contributed by atoms with E-state index >= 15 is 0 Å². The molecule has 3 heteroatoms. The van der Waals surface area contributed by atoms with Crippen LogP contribution in [-0.4, -0.2) is 40.5 Å². The summed E-state index contributed by atoms with van der Waals surface area (Å²) < 4.78 is 0. The molecule has 3 rings (SSSR count). The van der Waals surface area contributed by atoms with E-state index in [-0.39, 0.29) is 11.6 Å². The van der Waals surface area contributed by atoms with Crippen molar-refractivity contribution < 1.29 is 5.11 Å². The van der Waals surface area contributed by atoms with E-state index in [1.807, 2.05) is 11.8 Å². The van der Waals surface area contributed by atoms with Crippen molar-refractivity contribution >= 4 is 11.8 Å². The Bertz CT molecular complexity index is 631. The van der Waals surface area contributed by atoms with Gasteiger partial charge in [0.05, 0.1) is 6.10 Å². The molecule has 5 atom stereocenters. The van der Waals surface area contributed by atoms with E-state index in [2.05, 4.69) is 76.8 Å². The standard InChI is InChI=1S/C25H41NOS/c1-18(2)22-15-26(24(4,5)21-13-12-19(3)14-23(21)27)16-25(22,6)17-28-20-10-8-7-9-11-20/h7-11,18-19,21-23,27H,12-17H2,1-6H3/t19-,21-,22-,23-,25+/m1/s1. The lowest BCUT2D eigenvalue weighted by atomic mass is 9.71. The number of thioether (sulfide) groups is 1. The summed E-state index contributed by atoms with van der Waals surface area (Å²) in [5.41, 5.74) is 0.362. The number of aliphatic hydroxyl groups excluding tert-OH is 1. The van der Waals surface area contributed by atoms with Gasteiger partial charge in [-0.05, 0) is 62.0 Å². The van der Waals surface area contributed by atoms with Gasteiger partial charge in [0.1, 0.15) is 0 Å². The summed E-state index contributed by atoms with van der Waals surface area (Å²) in [6.07, 6.45) is 3.24. The fourth-order valence-corrected chi connectivity index (χ4v) is 7.01. The van der Waals surface area contributed by atoms with Crippen LogP contribution in [-0.2, 0) is 0 Å². The van der Waals surface area contributed by atoms with E-state index in [1.165, 1.54) is 11.3 Å². The van der Waals surface area contributed by atoms with Gasteiger partial charge in [0, 0.05) is 35.2 Å². The minimum atomic E-state index is -0.151. The second kappa shape index (κ2) is 8.70. The molecule has 0 spiro atoms. The van der Waals surface area contributed by atoms with Gasteiger partial charge in [-0.3, -0.25) is 4.90 Å². The van der Waals surface area contributed by atoms with E-state index < -0.39 is 0 Å². The van der Waals surface area contributed by atoms with Crippen molar-refractivity contribution in [1.29, 1.82) is 0 Å². The quantitative estimate of drug-likeness (QED) is 0.594. The largest absolute Gasteiger partial charge is 0.393 e. The molecule has 1 heterocycles. The average Bonchev–Trinajstić information content (AvgIpc) is 3.00. The van der Waals surface area contributed by atoms with Gasteiger partial charge in [-0.15, -0.1) is 11.8 Å². The molecule has 0 bridgehead atoms. The third-order valence-corrected chi connectivity index (χ3v) is 9.19. The van der Waals surface area contributed by atoms with Crippen LogP contribution < -0.4 is 0 Å². The summed E-state index contributed by atoms with van der Waals surface area (Å²) in [5.74, 6) is 3.59. The highest BCUT2D eigenvalue weighted by molar-refractivity contribution is 7.99. The second-order valence-electron chi connectivity index (χ2n) is 10.7. The third kappa shape index (κ3) is 4.63. The van der Waals surface area contributed by atoms with Gasteiger partial charge in [0.2, 0.25) is 0 Å². The third-order valence-electron chi connectivity index (χ3n) is 7.78. The Hall–Kier alpha value is -0.510. The van der Waals surface area contributed by atoms with Crippen LogP contribution in [0.3, 0.4) is 0 Å². The Morgan fingerprint density at radius 2 is 1.89 bits per heavy atom. The minimum Gasteiger partial charge on any atom is -0.393 e. The molecule has 1 N–H and O–H groups in total. The van der Waals surface area contributed by atoms with Gasteiger partial charge in [0.25, 0.3) is 0 Å². The van der Waals surface area contributed by atoms with Crippen LogP contribution in [0, 0.1) is 29.1 Å². The minimum absolute atomic E-state index is 0.0574. The summed E-state index contributed by atoms with van der Waals surface area (Å²) in [7, 11) is 0. The van der Waals surface area contributed by atoms with E-state index in [1.54, 1.807) is 0 Å². The van der Waals surface area contributed by atoms with E-state index in [9.17, 15) is 5.11 Å². The van der Waals surface area contributed by atoms with E-state index in [4.69, 9.17) is 0 Å². The monoisotopic (exact) mass is 403 g/mol. The molecule has 1 aromatic rings. The highest BCUT2D eigenvalue weighted by Crippen LogP contribution is 2.48. The molecule has 158 valence electrons. The van der Waals surface area contributed by atoms with Crippen molar-refractivity contribution in [1.82, 2.24) is 4.90 Å². The number of hydrogen-bond acceptors (Lipinski definition) is 3. The predicted molar refractivity (Wildman–Crippen MR) is 122 cm³/mol. The number of nitrogens with zero attached hydrogens (tertiary/aromatic N) is 1. The molecule has 1 aromatic carbocycles. The Balaban J connectivity index is 1.74. The van der Waals surface area contributed by atoms with Crippen LogP contribution in [0.5, 0.6) is 0 Å². The zero-order valence-corrected chi connectivity index (χ0v) is 19.6. The molecular weight excluding hydrogens is 362 g/mol. The number of rotatable bonds is 6. The van der Waals surface area contributed by atoms with Crippen LogP contribution in [0.15, 0.2) is 35.2 Å². The highest BCUT2D eigenvalue weighted by atomic mass is 32.2. The topological polar surface area (TPSA) is 23.5 Å². The summed E-state index contributed by atoms with van der Waals surface area (Å²) in [6, 6.07) is 10.8.